The highest BCUT2D eigenvalue weighted by Gasteiger charge is 2.11. The van der Waals surface area contributed by atoms with Gasteiger partial charge in [0.2, 0.25) is 0 Å². The molecule has 4 aromatic carbocycles. The zero-order chi connectivity index (χ0) is 18.8. The molecule has 0 saturated heterocycles. The summed E-state index contributed by atoms with van der Waals surface area (Å²) in [7, 11) is 0. The molecular formula is C26H20N2. The Hall–Kier alpha value is -3.65. The van der Waals surface area contributed by atoms with Gasteiger partial charge in [-0.2, -0.15) is 0 Å². The van der Waals surface area contributed by atoms with E-state index in [0.29, 0.717) is 6.54 Å². The first-order valence-corrected chi connectivity index (χ1v) is 9.52. The highest BCUT2D eigenvalue weighted by molar-refractivity contribution is 6.09. The Morgan fingerprint density at radius 1 is 0.643 bits per heavy atom. The molecule has 0 N–H and O–H groups in total. The van der Waals surface area contributed by atoms with E-state index in [1.165, 1.54) is 27.4 Å². The number of hydrogen-bond donors (Lipinski definition) is 0. The van der Waals surface area contributed by atoms with Crippen LogP contribution in [0.15, 0.2) is 108 Å². The fraction of sp³-hybridized carbons (Fsp3) is 0.0385. The maximum absolute atomic E-state index is 4.62. The van der Waals surface area contributed by atoms with Crippen LogP contribution >= 0.6 is 0 Å². The molecule has 0 aliphatic carbocycles. The maximum atomic E-state index is 4.62. The van der Waals surface area contributed by atoms with Crippen LogP contribution in [0.3, 0.4) is 0 Å². The highest BCUT2D eigenvalue weighted by atomic mass is 15.0. The van der Waals surface area contributed by atoms with Crippen LogP contribution in [0.25, 0.3) is 27.5 Å². The summed E-state index contributed by atoms with van der Waals surface area (Å²) in [6.45, 7) is 0.695. The van der Waals surface area contributed by atoms with Crippen LogP contribution in [0.4, 0.5) is 0 Å². The van der Waals surface area contributed by atoms with E-state index in [1.807, 2.05) is 24.4 Å². The largest absolute Gasteiger partial charge is 0.309 e. The van der Waals surface area contributed by atoms with Crippen LogP contribution in [-0.2, 0) is 6.54 Å². The number of benzene rings is 4. The van der Waals surface area contributed by atoms with E-state index in [9.17, 15) is 0 Å². The van der Waals surface area contributed by atoms with E-state index in [2.05, 4.69) is 94.5 Å². The minimum atomic E-state index is 0.695. The maximum Gasteiger partial charge on any atom is 0.0639 e. The third kappa shape index (κ3) is 2.99. The van der Waals surface area contributed by atoms with Gasteiger partial charge in [-0.05, 0) is 35.4 Å². The minimum Gasteiger partial charge on any atom is -0.309 e. The molecule has 0 spiro atoms. The van der Waals surface area contributed by atoms with Gasteiger partial charge in [0.15, 0.2) is 0 Å². The summed E-state index contributed by atoms with van der Waals surface area (Å²) in [6, 6.07) is 36.1. The normalized spacial score (nSPS) is 11.6. The van der Waals surface area contributed by atoms with Crippen molar-refractivity contribution in [3.05, 3.63) is 114 Å². The van der Waals surface area contributed by atoms with Crippen molar-refractivity contribution in [1.82, 2.24) is 4.57 Å². The monoisotopic (exact) mass is 360 g/mol. The first-order chi connectivity index (χ1) is 13.9. The van der Waals surface area contributed by atoms with Gasteiger partial charge in [0.25, 0.3) is 0 Å². The average molecular weight is 360 g/mol. The number of para-hydroxylation sites is 2. The molecule has 0 bridgehead atoms. The van der Waals surface area contributed by atoms with Crippen molar-refractivity contribution < 1.29 is 0 Å². The van der Waals surface area contributed by atoms with Gasteiger partial charge in [-0.15, -0.1) is 0 Å². The summed E-state index contributed by atoms with van der Waals surface area (Å²) in [5.41, 5.74) is 5.93. The first kappa shape index (κ1) is 16.5. The Balaban J connectivity index is 1.56. The van der Waals surface area contributed by atoms with Crippen LogP contribution in [-0.4, -0.2) is 10.8 Å². The molecule has 0 unspecified atom stereocenters. The van der Waals surface area contributed by atoms with Gasteiger partial charge >= 0.3 is 0 Å². The van der Waals surface area contributed by atoms with E-state index >= 15 is 0 Å². The zero-order valence-electron chi connectivity index (χ0n) is 15.5. The molecule has 2 nitrogen and oxygen atoms in total. The van der Waals surface area contributed by atoms with Gasteiger partial charge in [-0.25, -0.2) is 0 Å². The van der Waals surface area contributed by atoms with Gasteiger partial charge in [0.05, 0.1) is 17.6 Å². The summed E-state index contributed by atoms with van der Waals surface area (Å²) < 4.78 is 2.33. The van der Waals surface area contributed by atoms with Crippen molar-refractivity contribution in [2.24, 2.45) is 4.99 Å². The van der Waals surface area contributed by atoms with Gasteiger partial charge < -0.3 is 4.57 Å². The molecule has 0 fully saturated rings. The van der Waals surface area contributed by atoms with Gasteiger partial charge in [0, 0.05) is 22.7 Å². The topological polar surface area (TPSA) is 17.3 Å². The minimum absolute atomic E-state index is 0.695. The lowest BCUT2D eigenvalue weighted by molar-refractivity contribution is 1.08. The van der Waals surface area contributed by atoms with E-state index < -0.39 is 0 Å². The van der Waals surface area contributed by atoms with Crippen LogP contribution in [0.5, 0.6) is 0 Å². The molecule has 5 rings (SSSR count). The third-order valence-electron chi connectivity index (χ3n) is 5.07. The average Bonchev–Trinajstić information content (AvgIpc) is 3.09. The van der Waals surface area contributed by atoms with Crippen LogP contribution < -0.4 is 0 Å². The van der Waals surface area contributed by atoms with Gasteiger partial charge in [-0.1, -0.05) is 78.9 Å². The van der Waals surface area contributed by atoms with Crippen LogP contribution in [0.1, 0.15) is 11.1 Å². The van der Waals surface area contributed by atoms with Crippen LogP contribution in [0.2, 0.25) is 0 Å². The second-order valence-corrected chi connectivity index (χ2v) is 6.92. The zero-order valence-corrected chi connectivity index (χ0v) is 15.5. The summed E-state index contributed by atoms with van der Waals surface area (Å²) in [6.07, 6.45) is 1.96. The number of rotatable bonds is 4. The Bertz CT molecular complexity index is 1230. The number of aromatic nitrogens is 1. The predicted molar refractivity (Wildman–Crippen MR) is 119 cm³/mol. The standard InChI is InChI=1S/C26H20N2/c1-2-9-20(10-3-1)18-27-19-21-11-8-12-22(17-21)28-25-15-6-4-13-23(25)24-14-5-7-16-26(24)28/h1-17,19H,18H2/b27-19+. The molecule has 0 saturated carbocycles. The lowest BCUT2D eigenvalue weighted by Gasteiger charge is -2.08. The lowest BCUT2D eigenvalue weighted by atomic mass is 10.2. The molecule has 28 heavy (non-hydrogen) atoms. The van der Waals surface area contributed by atoms with Gasteiger partial charge in [-0.3, -0.25) is 4.99 Å². The molecular weight excluding hydrogens is 340 g/mol. The number of hydrogen-bond acceptors (Lipinski definition) is 1. The van der Waals surface area contributed by atoms with E-state index in [-0.39, 0.29) is 0 Å². The number of fused-ring (bicyclic) bond motifs is 3. The second-order valence-electron chi connectivity index (χ2n) is 6.92. The van der Waals surface area contributed by atoms with Crippen molar-refractivity contribution in [1.29, 1.82) is 0 Å². The molecule has 0 radical (unpaired) electrons. The van der Waals surface area contributed by atoms with Crippen molar-refractivity contribution in [2.45, 2.75) is 6.54 Å². The molecule has 1 aromatic heterocycles. The Morgan fingerprint density at radius 2 is 1.29 bits per heavy atom. The van der Waals surface area contributed by atoms with Crippen molar-refractivity contribution in [2.75, 3.05) is 0 Å². The quantitative estimate of drug-likeness (QED) is 0.330. The van der Waals surface area contributed by atoms with E-state index in [0.717, 1.165) is 11.3 Å². The molecule has 1 heterocycles. The first-order valence-electron chi connectivity index (χ1n) is 9.52. The third-order valence-corrected chi connectivity index (χ3v) is 5.07. The highest BCUT2D eigenvalue weighted by Crippen LogP contribution is 2.31. The molecule has 2 heteroatoms. The SMILES string of the molecule is C(=N\Cc1ccccc1)/c1cccc(-n2c3ccccc3c3ccccc32)c1. The van der Waals surface area contributed by atoms with Crippen molar-refractivity contribution >= 4 is 28.0 Å². The molecule has 0 aliphatic heterocycles. The lowest BCUT2D eigenvalue weighted by Crippen LogP contribution is -1.95. The summed E-state index contributed by atoms with van der Waals surface area (Å²) in [5.74, 6) is 0. The smallest absolute Gasteiger partial charge is 0.0639 e. The molecule has 0 amide bonds. The summed E-state index contributed by atoms with van der Waals surface area (Å²) >= 11 is 0. The Kier molecular flexibility index (Phi) is 4.23. The Labute approximate surface area is 164 Å². The summed E-state index contributed by atoms with van der Waals surface area (Å²) in [4.78, 5) is 4.62. The van der Waals surface area contributed by atoms with E-state index in [4.69, 9.17) is 0 Å². The number of aliphatic imine (C=N–C) groups is 1. The molecule has 0 atom stereocenters. The Morgan fingerprint density at radius 3 is 2.00 bits per heavy atom. The van der Waals surface area contributed by atoms with Crippen molar-refractivity contribution in [3.8, 4) is 5.69 Å². The second kappa shape index (κ2) is 7.16. The molecule has 5 aromatic rings. The van der Waals surface area contributed by atoms with Crippen molar-refractivity contribution in [3.63, 3.8) is 0 Å². The predicted octanol–water partition coefficient (Wildman–Crippen LogP) is 6.40. The fourth-order valence-corrected chi connectivity index (χ4v) is 3.78. The number of nitrogens with zero attached hydrogens (tertiary/aromatic N) is 2. The van der Waals surface area contributed by atoms with Crippen LogP contribution in [0, 0.1) is 0 Å². The molecule has 134 valence electrons. The van der Waals surface area contributed by atoms with Gasteiger partial charge in [0.1, 0.15) is 0 Å². The fourth-order valence-electron chi connectivity index (χ4n) is 3.78. The summed E-state index contributed by atoms with van der Waals surface area (Å²) in [5, 5.41) is 2.56. The van der Waals surface area contributed by atoms with E-state index in [1.54, 1.807) is 0 Å². The molecule has 0 aliphatic rings.